The van der Waals surface area contributed by atoms with E-state index in [9.17, 15) is 0 Å². The molecule has 1 aromatic heterocycles. The van der Waals surface area contributed by atoms with Crippen LogP contribution in [0.5, 0.6) is 5.75 Å². The summed E-state index contributed by atoms with van der Waals surface area (Å²) < 4.78 is 5.52. The molecular formula is C12H16N2O. The molecule has 15 heavy (non-hydrogen) atoms. The maximum absolute atomic E-state index is 5.52. The van der Waals surface area contributed by atoms with Crippen molar-refractivity contribution in [1.82, 2.24) is 10.3 Å². The van der Waals surface area contributed by atoms with Crippen molar-refractivity contribution in [3.63, 3.8) is 0 Å². The van der Waals surface area contributed by atoms with E-state index < -0.39 is 0 Å². The lowest BCUT2D eigenvalue weighted by molar-refractivity contribution is 0.241. The Morgan fingerprint density at radius 1 is 1.47 bits per heavy atom. The molecule has 0 aliphatic heterocycles. The van der Waals surface area contributed by atoms with E-state index in [1.807, 2.05) is 27.0 Å². The van der Waals surface area contributed by atoms with E-state index in [0.717, 1.165) is 11.3 Å². The molecule has 0 saturated carbocycles. The fraction of sp³-hybridized carbons (Fsp3) is 0.417. The highest BCUT2D eigenvalue weighted by molar-refractivity contribution is 5.36. The van der Waals surface area contributed by atoms with Crippen LogP contribution in [0.2, 0.25) is 0 Å². The number of rotatable bonds is 3. The Morgan fingerprint density at radius 3 is 2.93 bits per heavy atom. The third kappa shape index (κ3) is 4.48. The van der Waals surface area contributed by atoms with Crippen molar-refractivity contribution in [2.45, 2.75) is 20.0 Å². The van der Waals surface area contributed by atoms with Gasteiger partial charge in [0.1, 0.15) is 5.75 Å². The summed E-state index contributed by atoms with van der Waals surface area (Å²) in [6.45, 7) is 4.65. The van der Waals surface area contributed by atoms with Gasteiger partial charge in [0.15, 0.2) is 0 Å². The van der Waals surface area contributed by atoms with Gasteiger partial charge in [0.25, 0.3) is 0 Å². The van der Waals surface area contributed by atoms with Crippen LogP contribution < -0.4 is 10.1 Å². The number of nitrogens with one attached hydrogen (secondary N) is 1. The standard InChI is InChI=1S/C12H16N2O/c1-10(2)15-12-7-11(8-14-9-12)5-4-6-13-3/h7-10,13H,6H2,1-3H3. The van der Waals surface area contributed by atoms with Crippen LogP contribution in [0.1, 0.15) is 19.4 Å². The number of hydrogen-bond donors (Lipinski definition) is 1. The van der Waals surface area contributed by atoms with Crippen LogP contribution in [-0.2, 0) is 0 Å². The van der Waals surface area contributed by atoms with E-state index in [0.29, 0.717) is 6.54 Å². The molecule has 80 valence electrons. The highest BCUT2D eigenvalue weighted by Gasteiger charge is 1.98. The molecule has 1 heterocycles. The lowest BCUT2D eigenvalue weighted by Crippen LogP contribution is -2.06. The Bertz CT molecular complexity index is 363. The van der Waals surface area contributed by atoms with Crippen molar-refractivity contribution in [3.05, 3.63) is 24.0 Å². The second-order valence-corrected chi connectivity index (χ2v) is 3.41. The SMILES string of the molecule is CNCC#Cc1cncc(OC(C)C)c1. The second-order valence-electron chi connectivity index (χ2n) is 3.41. The molecule has 0 aromatic carbocycles. The van der Waals surface area contributed by atoms with E-state index in [1.54, 1.807) is 12.4 Å². The monoisotopic (exact) mass is 204 g/mol. The van der Waals surface area contributed by atoms with Gasteiger partial charge < -0.3 is 10.1 Å². The predicted octanol–water partition coefficient (Wildman–Crippen LogP) is 1.44. The smallest absolute Gasteiger partial charge is 0.139 e. The summed E-state index contributed by atoms with van der Waals surface area (Å²) in [4.78, 5) is 4.07. The van der Waals surface area contributed by atoms with E-state index >= 15 is 0 Å². The van der Waals surface area contributed by atoms with Gasteiger partial charge in [-0.1, -0.05) is 11.8 Å². The predicted molar refractivity (Wildman–Crippen MR) is 60.8 cm³/mol. The summed E-state index contributed by atoms with van der Waals surface area (Å²) in [5.74, 6) is 6.74. The number of ether oxygens (including phenoxy) is 1. The third-order valence-corrected chi connectivity index (χ3v) is 1.58. The van der Waals surface area contributed by atoms with Crippen molar-refractivity contribution in [3.8, 4) is 17.6 Å². The molecule has 0 amide bonds. The van der Waals surface area contributed by atoms with Crippen LogP contribution in [0.3, 0.4) is 0 Å². The van der Waals surface area contributed by atoms with E-state index in [2.05, 4.69) is 22.1 Å². The van der Waals surface area contributed by atoms with Crippen LogP contribution >= 0.6 is 0 Å². The maximum atomic E-state index is 5.52. The molecule has 0 aliphatic carbocycles. The minimum atomic E-state index is 0.160. The van der Waals surface area contributed by atoms with Crippen LogP contribution in [0, 0.1) is 11.8 Å². The molecule has 3 heteroatoms. The van der Waals surface area contributed by atoms with Crippen molar-refractivity contribution < 1.29 is 4.74 Å². The van der Waals surface area contributed by atoms with Gasteiger partial charge in [0, 0.05) is 11.8 Å². The average Bonchev–Trinajstić information content (AvgIpc) is 2.18. The van der Waals surface area contributed by atoms with Crippen molar-refractivity contribution in [2.24, 2.45) is 0 Å². The zero-order valence-corrected chi connectivity index (χ0v) is 9.37. The Morgan fingerprint density at radius 2 is 2.27 bits per heavy atom. The van der Waals surface area contributed by atoms with Gasteiger partial charge in [-0.2, -0.15) is 0 Å². The molecule has 0 aliphatic rings. The van der Waals surface area contributed by atoms with E-state index in [1.165, 1.54) is 0 Å². The molecule has 0 unspecified atom stereocenters. The van der Waals surface area contributed by atoms with Crippen LogP contribution in [0.15, 0.2) is 18.5 Å². The normalized spacial score (nSPS) is 9.60. The minimum Gasteiger partial charge on any atom is -0.489 e. The van der Waals surface area contributed by atoms with Crippen molar-refractivity contribution in [1.29, 1.82) is 0 Å². The lowest BCUT2D eigenvalue weighted by atomic mass is 10.3. The number of pyridine rings is 1. The maximum Gasteiger partial charge on any atom is 0.139 e. The highest BCUT2D eigenvalue weighted by Crippen LogP contribution is 2.11. The van der Waals surface area contributed by atoms with Crippen molar-refractivity contribution in [2.75, 3.05) is 13.6 Å². The molecule has 1 aromatic rings. The van der Waals surface area contributed by atoms with Gasteiger partial charge in [-0.3, -0.25) is 4.98 Å². The van der Waals surface area contributed by atoms with Gasteiger partial charge in [-0.05, 0) is 27.0 Å². The largest absolute Gasteiger partial charge is 0.489 e. The Hall–Kier alpha value is -1.53. The first kappa shape index (κ1) is 11.5. The van der Waals surface area contributed by atoms with E-state index in [-0.39, 0.29) is 6.10 Å². The first-order chi connectivity index (χ1) is 7.22. The molecule has 0 bridgehead atoms. The van der Waals surface area contributed by atoms with E-state index in [4.69, 9.17) is 4.74 Å². The zero-order valence-electron chi connectivity index (χ0n) is 9.37. The molecule has 1 N–H and O–H groups in total. The summed E-state index contributed by atoms with van der Waals surface area (Å²) in [7, 11) is 1.87. The van der Waals surface area contributed by atoms with Crippen LogP contribution in [0.4, 0.5) is 0 Å². The first-order valence-corrected chi connectivity index (χ1v) is 4.97. The van der Waals surface area contributed by atoms with Gasteiger partial charge in [0.05, 0.1) is 18.8 Å². The van der Waals surface area contributed by atoms with Gasteiger partial charge in [0.2, 0.25) is 0 Å². The fourth-order valence-electron chi connectivity index (χ4n) is 1.06. The molecule has 0 atom stereocenters. The molecular weight excluding hydrogens is 188 g/mol. The first-order valence-electron chi connectivity index (χ1n) is 4.97. The Balaban J connectivity index is 2.71. The zero-order chi connectivity index (χ0) is 11.1. The third-order valence-electron chi connectivity index (χ3n) is 1.58. The second kappa shape index (κ2) is 6.05. The number of nitrogens with zero attached hydrogens (tertiary/aromatic N) is 1. The van der Waals surface area contributed by atoms with Gasteiger partial charge in [-0.15, -0.1) is 0 Å². The lowest BCUT2D eigenvalue weighted by Gasteiger charge is -2.08. The quantitative estimate of drug-likeness (QED) is 0.756. The molecule has 0 fully saturated rings. The average molecular weight is 204 g/mol. The summed E-state index contributed by atoms with van der Waals surface area (Å²) in [6.07, 6.45) is 3.59. The van der Waals surface area contributed by atoms with Crippen LogP contribution in [-0.4, -0.2) is 24.7 Å². The summed E-state index contributed by atoms with van der Waals surface area (Å²) in [6, 6.07) is 1.90. The molecule has 1 rings (SSSR count). The number of hydrogen-bond acceptors (Lipinski definition) is 3. The molecule has 0 saturated heterocycles. The highest BCUT2D eigenvalue weighted by atomic mass is 16.5. The minimum absolute atomic E-state index is 0.160. The fourth-order valence-corrected chi connectivity index (χ4v) is 1.06. The summed E-state index contributed by atoms with van der Waals surface area (Å²) in [5, 5.41) is 2.96. The Kier molecular flexibility index (Phi) is 4.65. The molecule has 0 radical (unpaired) electrons. The Labute approximate surface area is 90.9 Å². The molecule has 0 spiro atoms. The van der Waals surface area contributed by atoms with Gasteiger partial charge >= 0.3 is 0 Å². The molecule has 3 nitrogen and oxygen atoms in total. The summed E-state index contributed by atoms with van der Waals surface area (Å²) in [5.41, 5.74) is 0.878. The van der Waals surface area contributed by atoms with Crippen LogP contribution in [0.25, 0.3) is 0 Å². The summed E-state index contributed by atoms with van der Waals surface area (Å²) >= 11 is 0. The topological polar surface area (TPSA) is 34.2 Å². The van der Waals surface area contributed by atoms with Crippen molar-refractivity contribution >= 4 is 0 Å². The number of aromatic nitrogens is 1. The van der Waals surface area contributed by atoms with Gasteiger partial charge in [-0.25, -0.2) is 0 Å².